The third kappa shape index (κ3) is 5.92. The summed E-state index contributed by atoms with van der Waals surface area (Å²) >= 11 is 0. The van der Waals surface area contributed by atoms with Gasteiger partial charge in [-0.25, -0.2) is 4.39 Å². The van der Waals surface area contributed by atoms with Crippen molar-refractivity contribution in [3.63, 3.8) is 0 Å². The largest absolute Gasteiger partial charge is 0.466 e. The van der Waals surface area contributed by atoms with Crippen LogP contribution >= 0.6 is 0 Å². The lowest BCUT2D eigenvalue weighted by atomic mass is 10.1. The fourth-order valence-electron chi connectivity index (χ4n) is 1.52. The number of hydrogen-bond donors (Lipinski definition) is 0. The maximum absolute atomic E-state index is 13.9. The molecule has 0 saturated heterocycles. The number of benzene rings is 1. The summed E-state index contributed by atoms with van der Waals surface area (Å²) in [6, 6.07) is 4.19. The summed E-state index contributed by atoms with van der Waals surface area (Å²) in [6.07, 6.45) is -0.454. The van der Waals surface area contributed by atoms with Gasteiger partial charge in [-0.15, -0.1) is 5.54 Å². The molecule has 0 fully saturated rings. The molecule has 0 amide bonds. The van der Waals surface area contributed by atoms with Crippen molar-refractivity contribution < 1.29 is 18.7 Å². The number of hydrogen-bond acceptors (Lipinski definition) is 3. The van der Waals surface area contributed by atoms with Gasteiger partial charge in [0.05, 0.1) is 12.2 Å². The zero-order valence-corrected chi connectivity index (χ0v) is 13.7. The molecule has 0 heterocycles. The van der Waals surface area contributed by atoms with Crippen molar-refractivity contribution >= 4 is 19.8 Å². The predicted molar refractivity (Wildman–Crippen MR) is 82.2 cm³/mol. The number of rotatable bonds is 4. The Labute approximate surface area is 125 Å². The van der Waals surface area contributed by atoms with Crippen LogP contribution in [0.5, 0.6) is 0 Å². The van der Waals surface area contributed by atoms with E-state index in [2.05, 4.69) is 35.8 Å². The van der Waals surface area contributed by atoms with Crippen molar-refractivity contribution in [3.8, 4) is 11.5 Å². The monoisotopic (exact) mass is 306 g/mol. The van der Waals surface area contributed by atoms with Gasteiger partial charge in [-0.1, -0.05) is 25.6 Å². The molecule has 0 aliphatic rings. The van der Waals surface area contributed by atoms with Gasteiger partial charge in [-0.3, -0.25) is 9.59 Å². The second-order valence-electron chi connectivity index (χ2n) is 5.60. The fraction of sp³-hybridized carbons (Fsp3) is 0.375. The van der Waals surface area contributed by atoms with Gasteiger partial charge in [0.25, 0.3) is 0 Å². The number of Topliss-reactive ketones (excluding diaryl/α,β-unsaturated/α-hetero) is 1. The molecule has 1 aromatic carbocycles. The van der Waals surface area contributed by atoms with Crippen LogP contribution in [0.15, 0.2) is 18.2 Å². The van der Waals surface area contributed by atoms with Crippen molar-refractivity contribution in [2.24, 2.45) is 0 Å². The van der Waals surface area contributed by atoms with E-state index >= 15 is 0 Å². The van der Waals surface area contributed by atoms with Gasteiger partial charge in [0.15, 0.2) is 5.78 Å². The molecule has 112 valence electrons. The summed E-state index contributed by atoms with van der Waals surface area (Å²) < 4.78 is 18.6. The molecule has 0 atom stereocenters. The molecular weight excluding hydrogens is 287 g/mol. The number of carbonyl (C=O) groups is 2. The van der Waals surface area contributed by atoms with Crippen LogP contribution in [0.3, 0.4) is 0 Å². The van der Waals surface area contributed by atoms with E-state index in [0.29, 0.717) is 5.56 Å². The molecule has 0 aromatic heterocycles. The summed E-state index contributed by atoms with van der Waals surface area (Å²) in [5.41, 5.74) is 3.55. The molecule has 0 aliphatic heterocycles. The van der Waals surface area contributed by atoms with Crippen LogP contribution in [-0.4, -0.2) is 26.4 Å². The molecule has 0 N–H and O–H groups in total. The number of ketones is 1. The average Bonchev–Trinajstić information content (AvgIpc) is 2.35. The Morgan fingerprint density at radius 2 is 1.95 bits per heavy atom. The number of carbonyl (C=O) groups excluding carboxylic acids is 2. The second-order valence-corrected chi connectivity index (χ2v) is 10.3. The Balaban J connectivity index is 2.90. The first-order chi connectivity index (χ1) is 9.73. The second kappa shape index (κ2) is 7.18. The highest BCUT2D eigenvalue weighted by molar-refractivity contribution is 6.83. The van der Waals surface area contributed by atoms with Crippen LogP contribution in [0.25, 0.3) is 0 Å². The van der Waals surface area contributed by atoms with Crippen molar-refractivity contribution in [1.82, 2.24) is 0 Å². The van der Waals surface area contributed by atoms with E-state index < -0.39 is 32.1 Å². The van der Waals surface area contributed by atoms with Gasteiger partial charge in [0.2, 0.25) is 0 Å². The van der Waals surface area contributed by atoms with Crippen LogP contribution in [0.2, 0.25) is 19.6 Å². The summed E-state index contributed by atoms with van der Waals surface area (Å²) in [4.78, 5) is 23.0. The molecule has 0 unspecified atom stereocenters. The first-order valence-electron chi connectivity index (χ1n) is 6.74. The maximum Gasteiger partial charge on any atom is 0.313 e. The topological polar surface area (TPSA) is 43.4 Å². The smallest absolute Gasteiger partial charge is 0.313 e. The molecule has 0 aliphatic carbocycles. The molecule has 5 heteroatoms. The molecule has 3 nitrogen and oxygen atoms in total. The third-order valence-corrected chi connectivity index (χ3v) is 3.34. The zero-order chi connectivity index (χ0) is 16.0. The minimum Gasteiger partial charge on any atom is -0.466 e. The molecule has 21 heavy (non-hydrogen) atoms. The van der Waals surface area contributed by atoms with E-state index in [4.69, 9.17) is 0 Å². The summed E-state index contributed by atoms with van der Waals surface area (Å²) in [5.74, 6) is 1.02. The van der Waals surface area contributed by atoms with Gasteiger partial charge < -0.3 is 4.74 Å². The van der Waals surface area contributed by atoms with E-state index in [1.54, 1.807) is 13.0 Å². The number of esters is 1. The molecule has 1 aromatic rings. The minimum absolute atomic E-state index is 0.110. The van der Waals surface area contributed by atoms with Crippen LogP contribution < -0.4 is 0 Å². The van der Waals surface area contributed by atoms with Gasteiger partial charge in [-0.2, -0.15) is 0 Å². The Bertz CT molecular complexity index is 606. The van der Waals surface area contributed by atoms with Gasteiger partial charge >= 0.3 is 5.97 Å². The Kier molecular flexibility index (Phi) is 5.86. The molecule has 0 radical (unpaired) electrons. The van der Waals surface area contributed by atoms with Crippen molar-refractivity contribution in [2.45, 2.75) is 33.0 Å². The standard InChI is InChI=1S/C16H19FO3Si/c1-5-20-16(19)11-15(18)13-7-6-12(10-14(13)17)8-9-21(2,3)4/h6-7,10H,5,11H2,1-4H3. The van der Waals surface area contributed by atoms with E-state index in [9.17, 15) is 14.0 Å². The first kappa shape index (κ1) is 17.1. The van der Waals surface area contributed by atoms with Gasteiger partial charge in [0, 0.05) is 5.56 Å². The number of ether oxygens (including phenoxy) is 1. The molecule has 0 spiro atoms. The molecule has 1 rings (SSSR count). The van der Waals surface area contributed by atoms with Crippen molar-refractivity contribution in [1.29, 1.82) is 0 Å². The van der Waals surface area contributed by atoms with E-state index in [1.807, 2.05) is 0 Å². The highest BCUT2D eigenvalue weighted by Gasteiger charge is 2.16. The highest BCUT2D eigenvalue weighted by atomic mass is 28.3. The minimum atomic E-state index is -1.54. The van der Waals surface area contributed by atoms with Crippen molar-refractivity contribution in [2.75, 3.05) is 6.61 Å². The summed E-state index contributed by atoms with van der Waals surface area (Å²) in [5, 5.41) is 0. The molecule has 0 saturated carbocycles. The van der Waals surface area contributed by atoms with E-state index in [0.717, 1.165) is 0 Å². The van der Waals surface area contributed by atoms with Crippen LogP contribution in [-0.2, 0) is 9.53 Å². The Morgan fingerprint density at radius 3 is 2.48 bits per heavy atom. The number of halogens is 1. The van der Waals surface area contributed by atoms with Crippen LogP contribution in [0.1, 0.15) is 29.3 Å². The van der Waals surface area contributed by atoms with Crippen LogP contribution in [0.4, 0.5) is 4.39 Å². The summed E-state index contributed by atoms with van der Waals surface area (Å²) in [6.45, 7) is 8.11. The SMILES string of the molecule is CCOC(=O)CC(=O)c1ccc(C#C[Si](C)(C)C)cc1F. The molecular formula is C16H19FO3Si. The highest BCUT2D eigenvalue weighted by Crippen LogP contribution is 2.13. The van der Waals surface area contributed by atoms with E-state index in [-0.39, 0.29) is 12.2 Å². The average molecular weight is 306 g/mol. The quantitative estimate of drug-likeness (QED) is 0.282. The Hall–Kier alpha value is -1.93. The lowest BCUT2D eigenvalue weighted by Crippen LogP contribution is -2.16. The Morgan fingerprint density at radius 1 is 1.29 bits per heavy atom. The van der Waals surface area contributed by atoms with E-state index in [1.165, 1.54) is 12.1 Å². The van der Waals surface area contributed by atoms with Gasteiger partial charge in [-0.05, 0) is 25.1 Å². The van der Waals surface area contributed by atoms with Crippen molar-refractivity contribution in [3.05, 3.63) is 35.1 Å². The molecule has 0 bridgehead atoms. The van der Waals surface area contributed by atoms with Gasteiger partial charge in [0.1, 0.15) is 20.3 Å². The maximum atomic E-state index is 13.9. The lowest BCUT2D eigenvalue weighted by molar-refractivity contribution is -0.141. The zero-order valence-electron chi connectivity index (χ0n) is 12.7. The lowest BCUT2D eigenvalue weighted by Gasteiger charge is -2.05. The normalized spacial score (nSPS) is 10.5. The predicted octanol–water partition coefficient (Wildman–Crippen LogP) is 3.19. The fourth-order valence-corrected chi connectivity index (χ4v) is 2.04. The third-order valence-electron chi connectivity index (χ3n) is 2.46. The summed E-state index contributed by atoms with van der Waals surface area (Å²) in [7, 11) is -1.54. The van der Waals surface area contributed by atoms with Crippen LogP contribution in [0, 0.1) is 17.3 Å². The first-order valence-corrected chi connectivity index (χ1v) is 10.2.